The summed E-state index contributed by atoms with van der Waals surface area (Å²) in [5.41, 5.74) is 0. The van der Waals surface area contributed by atoms with Gasteiger partial charge in [0.1, 0.15) is 0 Å². The molecule has 0 aromatic heterocycles. The van der Waals surface area contributed by atoms with Crippen LogP contribution in [0.5, 0.6) is 0 Å². The highest BCUT2D eigenvalue weighted by molar-refractivity contribution is 5.77. The molecular formula is C14H25N3O2. The summed E-state index contributed by atoms with van der Waals surface area (Å²) in [5, 5.41) is 5.85. The predicted molar refractivity (Wildman–Crippen MR) is 73.8 cm³/mol. The second-order valence-electron chi connectivity index (χ2n) is 5.85. The van der Waals surface area contributed by atoms with Crippen LogP contribution in [0.25, 0.3) is 0 Å². The van der Waals surface area contributed by atoms with Gasteiger partial charge in [-0.15, -0.1) is 0 Å². The van der Waals surface area contributed by atoms with Crippen molar-refractivity contribution in [3.8, 4) is 0 Å². The zero-order valence-electron chi connectivity index (χ0n) is 11.8. The zero-order valence-corrected chi connectivity index (χ0v) is 11.8. The first kappa shape index (κ1) is 14.2. The highest BCUT2D eigenvalue weighted by Gasteiger charge is 2.23. The van der Waals surface area contributed by atoms with Crippen molar-refractivity contribution < 1.29 is 9.59 Å². The highest BCUT2D eigenvalue weighted by Crippen LogP contribution is 2.18. The molecule has 0 atom stereocenters. The van der Waals surface area contributed by atoms with Crippen LogP contribution < -0.4 is 10.6 Å². The minimum Gasteiger partial charge on any atom is -0.353 e. The van der Waals surface area contributed by atoms with E-state index in [1.807, 2.05) is 4.90 Å². The van der Waals surface area contributed by atoms with Gasteiger partial charge in [0.05, 0.1) is 0 Å². The summed E-state index contributed by atoms with van der Waals surface area (Å²) >= 11 is 0. The number of nitrogens with one attached hydrogen (secondary N) is 2. The number of carbonyl (C=O) groups is 2. The van der Waals surface area contributed by atoms with Gasteiger partial charge < -0.3 is 15.5 Å². The SMILES string of the molecule is CC1CCN(C(=O)NCCCC(=O)NC2CC2)CC1. The molecule has 2 N–H and O–H groups in total. The van der Waals surface area contributed by atoms with Crippen LogP contribution in [0.15, 0.2) is 0 Å². The molecule has 1 heterocycles. The lowest BCUT2D eigenvalue weighted by atomic mass is 10.00. The Labute approximate surface area is 115 Å². The average Bonchev–Trinajstić information content (AvgIpc) is 3.19. The number of urea groups is 1. The first-order valence-electron chi connectivity index (χ1n) is 7.47. The second-order valence-corrected chi connectivity index (χ2v) is 5.85. The van der Waals surface area contributed by atoms with E-state index >= 15 is 0 Å². The summed E-state index contributed by atoms with van der Waals surface area (Å²) in [5.74, 6) is 0.846. The Morgan fingerprint density at radius 3 is 2.47 bits per heavy atom. The first-order chi connectivity index (χ1) is 9.15. The smallest absolute Gasteiger partial charge is 0.317 e. The maximum atomic E-state index is 11.9. The fraction of sp³-hybridized carbons (Fsp3) is 0.857. The maximum Gasteiger partial charge on any atom is 0.317 e. The summed E-state index contributed by atoms with van der Waals surface area (Å²) in [6.45, 7) is 4.53. The molecule has 0 aromatic carbocycles. The molecule has 0 bridgehead atoms. The summed E-state index contributed by atoms with van der Waals surface area (Å²) in [4.78, 5) is 25.2. The van der Waals surface area contributed by atoms with Crippen LogP contribution in [0.1, 0.15) is 45.4 Å². The molecule has 1 aliphatic carbocycles. The van der Waals surface area contributed by atoms with Crippen LogP contribution in [0.2, 0.25) is 0 Å². The van der Waals surface area contributed by atoms with Crippen LogP contribution in [-0.2, 0) is 4.79 Å². The molecule has 0 spiro atoms. The van der Waals surface area contributed by atoms with Crippen LogP contribution in [0.3, 0.4) is 0 Å². The van der Waals surface area contributed by atoms with Crippen molar-refractivity contribution in [3.63, 3.8) is 0 Å². The summed E-state index contributed by atoms with van der Waals surface area (Å²) in [7, 11) is 0. The first-order valence-corrected chi connectivity index (χ1v) is 7.47. The summed E-state index contributed by atoms with van der Waals surface area (Å²) in [6.07, 6.45) is 5.66. The van der Waals surface area contributed by atoms with Gasteiger partial charge in [-0.2, -0.15) is 0 Å². The molecule has 1 saturated heterocycles. The number of hydrogen-bond acceptors (Lipinski definition) is 2. The van der Waals surface area contributed by atoms with Crippen LogP contribution >= 0.6 is 0 Å². The molecule has 5 nitrogen and oxygen atoms in total. The molecule has 2 rings (SSSR count). The average molecular weight is 267 g/mol. The van der Waals surface area contributed by atoms with Crippen LogP contribution in [0, 0.1) is 5.92 Å². The molecular weight excluding hydrogens is 242 g/mol. The molecule has 5 heteroatoms. The number of likely N-dealkylation sites (tertiary alicyclic amines) is 1. The second kappa shape index (κ2) is 6.78. The van der Waals surface area contributed by atoms with Gasteiger partial charge in [0, 0.05) is 32.1 Å². The minimum absolute atomic E-state index is 0.0227. The molecule has 3 amide bonds. The quantitative estimate of drug-likeness (QED) is 0.741. The van der Waals surface area contributed by atoms with E-state index in [4.69, 9.17) is 0 Å². The Hall–Kier alpha value is -1.26. The third-order valence-electron chi connectivity index (χ3n) is 3.87. The van der Waals surface area contributed by atoms with Crippen LogP contribution in [0.4, 0.5) is 4.79 Å². The normalized spacial score (nSPS) is 20.2. The van der Waals surface area contributed by atoms with E-state index in [-0.39, 0.29) is 11.9 Å². The van der Waals surface area contributed by atoms with Gasteiger partial charge in [-0.05, 0) is 38.0 Å². The predicted octanol–water partition coefficient (Wildman–Crippen LogP) is 1.49. The van der Waals surface area contributed by atoms with Gasteiger partial charge >= 0.3 is 6.03 Å². The number of rotatable bonds is 5. The Balaban J connectivity index is 1.52. The maximum absolute atomic E-state index is 11.9. The topological polar surface area (TPSA) is 61.4 Å². The van der Waals surface area contributed by atoms with Crippen molar-refractivity contribution in [2.75, 3.05) is 19.6 Å². The van der Waals surface area contributed by atoms with Crippen molar-refractivity contribution in [1.29, 1.82) is 0 Å². The number of piperidine rings is 1. The monoisotopic (exact) mass is 267 g/mol. The lowest BCUT2D eigenvalue weighted by molar-refractivity contribution is -0.121. The van der Waals surface area contributed by atoms with Crippen molar-refractivity contribution >= 4 is 11.9 Å². The van der Waals surface area contributed by atoms with Gasteiger partial charge in [-0.1, -0.05) is 6.92 Å². The number of amides is 3. The third kappa shape index (κ3) is 5.09. The largest absolute Gasteiger partial charge is 0.353 e. The highest BCUT2D eigenvalue weighted by atomic mass is 16.2. The van der Waals surface area contributed by atoms with Gasteiger partial charge in [0.15, 0.2) is 0 Å². The molecule has 2 fully saturated rings. The fourth-order valence-corrected chi connectivity index (χ4v) is 2.30. The lowest BCUT2D eigenvalue weighted by Gasteiger charge is -2.30. The number of hydrogen-bond donors (Lipinski definition) is 2. The van der Waals surface area contributed by atoms with E-state index in [2.05, 4.69) is 17.6 Å². The third-order valence-corrected chi connectivity index (χ3v) is 3.87. The van der Waals surface area contributed by atoms with Crippen molar-refractivity contribution in [1.82, 2.24) is 15.5 Å². The van der Waals surface area contributed by atoms with Crippen molar-refractivity contribution in [3.05, 3.63) is 0 Å². The van der Waals surface area contributed by atoms with E-state index in [1.54, 1.807) is 0 Å². The summed E-state index contributed by atoms with van der Waals surface area (Å²) in [6, 6.07) is 0.451. The molecule has 19 heavy (non-hydrogen) atoms. The minimum atomic E-state index is 0.0227. The Bertz CT molecular complexity index is 321. The molecule has 108 valence electrons. The Morgan fingerprint density at radius 1 is 1.16 bits per heavy atom. The number of nitrogens with zero attached hydrogens (tertiary/aromatic N) is 1. The van der Waals surface area contributed by atoms with Gasteiger partial charge in [-0.3, -0.25) is 4.79 Å². The molecule has 2 aliphatic rings. The van der Waals surface area contributed by atoms with E-state index in [0.717, 1.165) is 44.7 Å². The van der Waals surface area contributed by atoms with Crippen molar-refractivity contribution in [2.24, 2.45) is 5.92 Å². The van der Waals surface area contributed by atoms with Gasteiger partial charge in [-0.25, -0.2) is 4.79 Å². The molecule has 1 aliphatic heterocycles. The Kier molecular flexibility index (Phi) is 5.05. The van der Waals surface area contributed by atoms with E-state index in [9.17, 15) is 9.59 Å². The number of carbonyl (C=O) groups excluding carboxylic acids is 2. The van der Waals surface area contributed by atoms with E-state index in [1.165, 1.54) is 0 Å². The summed E-state index contributed by atoms with van der Waals surface area (Å²) < 4.78 is 0. The van der Waals surface area contributed by atoms with Gasteiger partial charge in [0.2, 0.25) is 5.91 Å². The van der Waals surface area contributed by atoms with E-state index in [0.29, 0.717) is 25.4 Å². The molecule has 0 unspecified atom stereocenters. The van der Waals surface area contributed by atoms with Crippen LogP contribution in [-0.4, -0.2) is 42.5 Å². The fourth-order valence-electron chi connectivity index (χ4n) is 2.30. The molecule has 0 radical (unpaired) electrons. The molecule has 0 aromatic rings. The van der Waals surface area contributed by atoms with E-state index < -0.39 is 0 Å². The Morgan fingerprint density at radius 2 is 1.84 bits per heavy atom. The van der Waals surface area contributed by atoms with Gasteiger partial charge in [0.25, 0.3) is 0 Å². The molecule has 1 saturated carbocycles. The standard InChI is InChI=1S/C14H25N3O2/c1-11-6-9-17(10-7-11)14(19)15-8-2-3-13(18)16-12-4-5-12/h11-12H,2-10H2,1H3,(H,15,19)(H,16,18). The lowest BCUT2D eigenvalue weighted by Crippen LogP contribution is -2.44. The van der Waals surface area contributed by atoms with Crippen molar-refractivity contribution in [2.45, 2.75) is 51.5 Å². The zero-order chi connectivity index (χ0) is 13.7.